The highest BCUT2D eigenvalue weighted by Crippen LogP contribution is 2.30. The minimum Gasteiger partial charge on any atom is -0.478 e. The van der Waals surface area contributed by atoms with Crippen molar-refractivity contribution in [1.82, 2.24) is 0 Å². The molecule has 134 valence electrons. The van der Waals surface area contributed by atoms with Crippen LogP contribution in [0.5, 0.6) is 0 Å². The van der Waals surface area contributed by atoms with Crippen LogP contribution in [0.3, 0.4) is 0 Å². The first-order chi connectivity index (χ1) is 11.1. The Morgan fingerprint density at radius 3 is 1.83 bits per heavy atom. The summed E-state index contributed by atoms with van der Waals surface area (Å²) in [6.07, 6.45) is 3.29. The Hall–Kier alpha value is -1.93. The van der Waals surface area contributed by atoms with Crippen LogP contribution in [-0.2, 0) is 23.0 Å². The third-order valence-corrected chi connectivity index (χ3v) is 4.67. The average Bonchev–Trinajstić information content (AvgIpc) is 2.48. The number of hydrogen-bond acceptors (Lipinski definition) is 4. The predicted octanol–water partition coefficient (Wildman–Crippen LogP) is 3.01. The third-order valence-electron chi connectivity index (χ3n) is 3.80. The Morgan fingerprint density at radius 2 is 1.46 bits per heavy atom. The van der Waals surface area contributed by atoms with Crippen molar-refractivity contribution < 1.29 is 32.8 Å². The number of carboxylic acids is 2. The predicted molar refractivity (Wildman–Crippen MR) is 87.4 cm³/mol. The summed E-state index contributed by atoms with van der Waals surface area (Å²) in [5.74, 6) is -2.84. The van der Waals surface area contributed by atoms with Crippen LogP contribution < -0.4 is 0 Å². The van der Waals surface area contributed by atoms with Gasteiger partial charge in [0.1, 0.15) is 4.90 Å². The molecular weight excluding hydrogens is 336 g/mol. The maximum atomic E-state index is 11.6. The molecular formula is C16H22O7S. The molecule has 0 radical (unpaired) electrons. The number of aromatic carboxylic acids is 2. The van der Waals surface area contributed by atoms with E-state index < -0.39 is 32.5 Å². The fraction of sp³-hybridized carbons (Fsp3) is 0.500. The molecule has 0 saturated heterocycles. The van der Waals surface area contributed by atoms with Crippen molar-refractivity contribution in [1.29, 1.82) is 0 Å². The fourth-order valence-corrected chi connectivity index (χ4v) is 3.39. The molecule has 0 amide bonds. The highest BCUT2D eigenvalue weighted by atomic mass is 32.2. The van der Waals surface area contributed by atoms with Crippen LogP contribution in [0.25, 0.3) is 0 Å². The normalized spacial score (nSPS) is 11.5. The van der Waals surface area contributed by atoms with Crippen LogP contribution in [0.2, 0.25) is 0 Å². The van der Waals surface area contributed by atoms with Crippen molar-refractivity contribution in [3.8, 4) is 0 Å². The second-order valence-corrected chi connectivity index (χ2v) is 6.94. The Kier molecular flexibility index (Phi) is 6.92. The molecule has 1 rings (SSSR count). The Morgan fingerprint density at radius 1 is 0.958 bits per heavy atom. The van der Waals surface area contributed by atoms with Gasteiger partial charge in [0.15, 0.2) is 0 Å². The minimum atomic E-state index is -4.86. The molecule has 24 heavy (non-hydrogen) atoms. The number of benzene rings is 1. The summed E-state index contributed by atoms with van der Waals surface area (Å²) >= 11 is 0. The summed E-state index contributed by atoms with van der Waals surface area (Å²) in [5.41, 5.74) is -0.276. The van der Waals surface area contributed by atoms with E-state index in [1.54, 1.807) is 0 Å². The molecule has 1 aromatic rings. The van der Waals surface area contributed by atoms with E-state index >= 15 is 0 Å². The average molecular weight is 358 g/mol. The quantitative estimate of drug-likeness (QED) is 0.579. The van der Waals surface area contributed by atoms with Crippen LogP contribution in [0.4, 0.5) is 0 Å². The summed E-state index contributed by atoms with van der Waals surface area (Å²) in [7, 11) is -4.86. The fourth-order valence-electron chi connectivity index (χ4n) is 2.65. The highest BCUT2D eigenvalue weighted by molar-refractivity contribution is 7.86. The number of carbonyl (C=O) groups is 2. The number of rotatable bonds is 9. The van der Waals surface area contributed by atoms with Gasteiger partial charge in [0, 0.05) is 0 Å². The van der Waals surface area contributed by atoms with Crippen LogP contribution >= 0.6 is 0 Å². The van der Waals surface area contributed by atoms with E-state index in [-0.39, 0.29) is 17.5 Å². The van der Waals surface area contributed by atoms with E-state index in [0.29, 0.717) is 24.8 Å². The van der Waals surface area contributed by atoms with Crippen molar-refractivity contribution in [3.63, 3.8) is 0 Å². The van der Waals surface area contributed by atoms with E-state index in [1.807, 2.05) is 13.8 Å². The zero-order valence-corrected chi connectivity index (χ0v) is 14.5. The molecule has 0 bridgehead atoms. The minimum absolute atomic E-state index is 0.185. The van der Waals surface area contributed by atoms with Crippen LogP contribution in [-0.4, -0.2) is 35.1 Å². The first-order valence-corrected chi connectivity index (χ1v) is 9.21. The van der Waals surface area contributed by atoms with Crippen LogP contribution in [0.1, 0.15) is 71.4 Å². The van der Waals surface area contributed by atoms with Gasteiger partial charge in [-0.05, 0) is 42.9 Å². The van der Waals surface area contributed by atoms with E-state index in [2.05, 4.69) is 0 Å². The maximum Gasteiger partial charge on any atom is 0.337 e. The lowest BCUT2D eigenvalue weighted by molar-refractivity contribution is 0.0675. The molecule has 0 unspecified atom stereocenters. The van der Waals surface area contributed by atoms with E-state index in [0.717, 1.165) is 18.9 Å². The number of unbranched alkanes of at least 4 members (excludes halogenated alkanes) is 2. The standard InChI is InChI=1S/C16H22O7S/c1-3-5-7-10-11(8-6-4-2)14(16(19)20)13(24(21,22)23)9-12(10)15(17)18/h9H,3-8H2,1-2H3,(H,17,18)(H,19,20)(H,21,22,23). The van der Waals surface area contributed by atoms with Gasteiger partial charge in [0.2, 0.25) is 0 Å². The third kappa shape index (κ3) is 4.55. The van der Waals surface area contributed by atoms with Crippen molar-refractivity contribution in [2.24, 2.45) is 0 Å². The molecule has 0 atom stereocenters. The molecule has 7 nitrogen and oxygen atoms in total. The van der Waals surface area contributed by atoms with Crippen molar-refractivity contribution in [2.75, 3.05) is 0 Å². The summed E-state index contributed by atoms with van der Waals surface area (Å²) in [6, 6.07) is 0.752. The van der Waals surface area contributed by atoms with Crippen molar-refractivity contribution in [3.05, 3.63) is 28.3 Å². The molecule has 0 spiro atoms. The van der Waals surface area contributed by atoms with Gasteiger partial charge in [-0.25, -0.2) is 9.59 Å². The lowest BCUT2D eigenvalue weighted by atomic mass is 9.89. The molecule has 3 N–H and O–H groups in total. The smallest absolute Gasteiger partial charge is 0.337 e. The number of carboxylic acid groups (broad SMARTS) is 2. The van der Waals surface area contributed by atoms with Crippen molar-refractivity contribution >= 4 is 22.1 Å². The summed E-state index contributed by atoms with van der Waals surface area (Å²) in [4.78, 5) is 22.3. The van der Waals surface area contributed by atoms with E-state index in [1.165, 1.54) is 0 Å². The molecule has 0 aliphatic heterocycles. The topological polar surface area (TPSA) is 129 Å². The molecule has 8 heteroatoms. The van der Waals surface area contributed by atoms with Gasteiger partial charge < -0.3 is 10.2 Å². The lowest BCUT2D eigenvalue weighted by Crippen LogP contribution is -2.18. The monoisotopic (exact) mass is 358 g/mol. The summed E-state index contributed by atoms with van der Waals surface area (Å²) < 4.78 is 32.5. The second-order valence-electron chi connectivity index (χ2n) is 5.55. The Bertz CT molecular complexity index is 735. The van der Waals surface area contributed by atoms with Crippen molar-refractivity contribution in [2.45, 2.75) is 57.3 Å². The Labute approximate surface area is 141 Å². The lowest BCUT2D eigenvalue weighted by Gasteiger charge is -2.18. The first-order valence-electron chi connectivity index (χ1n) is 7.77. The van der Waals surface area contributed by atoms with E-state index in [4.69, 9.17) is 0 Å². The zero-order valence-electron chi connectivity index (χ0n) is 13.7. The van der Waals surface area contributed by atoms with Gasteiger partial charge in [0.05, 0.1) is 11.1 Å². The molecule has 1 aromatic carbocycles. The SMILES string of the molecule is CCCCc1c(C(=O)O)cc(S(=O)(=O)O)c(C(=O)O)c1CCCC. The number of hydrogen-bond donors (Lipinski definition) is 3. The molecule has 0 fully saturated rings. The molecule has 0 heterocycles. The van der Waals surface area contributed by atoms with Gasteiger partial charge in [0.25, 0.3) is 10.1 Å². The molecule has 0 aliphatic rings. The highest BCUT2D eigenvalue weighted by Gasteiger charge is 2.29. The largest absolute Gasteiger partial charge is 0.478 e. The Balaban J connectivity index is 3.87. The summed E-state index contributed by atoms with van der Waals surface area (Å²) in [6.45, 7) is 3.80. The second kappa shape index (κ2) is 8.25. The van der Waals surface area contributed by atoms with Gasteiger partial charge in [-0.3, -0.25) is 4.55 Å². The molecule has 0 aromatic heterocycles. The van der Waals surface area contributed by atoms with Crippen LogP contribution in [0, 0.1) is 0 Å². The maximum absolute atomic E-state index is 11.6. The van der Waals surface area contributed by atoms with E-state index in [9.17, 15) is 32.8 Å². The zero-order chi connectivity index (χ0) is 18.5. The molecule has 0 saturated carbocycles. The van der Waals surface area contributed by atoms with Gasteiger partial charge in [-0.1, -0.05) is 26.7 Å². The first kappa shape index (κ1) is 20.1. The van der Waals surface area contributed by atoms with Crippen LogP contribution in [0.15, 0.2) is 11.0 Å². The van der Waals surface area contributed by atoms with Gasteiger partial charge in [-0.2, -0.15) is 8.42 Å². The summed E-state index contributed by atoms with van der Waals surface area (Å²) in [5, 5.41) is 18.9. The molecule has 0 aliphatic carbocycles. The van der Waals surface area contributed by atoms with Gasteiger partial charge in [-0.15, -0.1) is 0 Å². The van der Waals surface area contributed by atoms with Gasteiger partial charge >= 0.3 is 11.9 Å².